The Kier molecular flexibility index (Phi) is 4.08. The van der Waals surface area contributed by atoms with Gasteiger partial charge in [-0.1, -0.05) is 24.6 Å². The van der Waals surface area contributed by atoms with E-state index in [0.717, 1.165) is 11.7 Å². The third kappa shape index (κ3) is 4.17. The first-order chi connectivity index (χ1) is 6.18. The van der Waals surface area contributed by atoms with Crippen LogP contribution in [0.2, 0.25) is 0 Å². The monoisotopic (exact) mass is 200 g/mol. The molecule has 1 aliphatic carbocycles. The van der Waals surface area contributed by atoms with Crippen molar-refractivity contribution in [3.8, 4) is 0 Å². The van der Waals surface area contributed by atoms with Gasteiger partial charge < -0.3 is 11.5 Å². The van der Waals surface area contributed by atoms with Gasteiger partial charge in [0, 0.05) is 5.75 Å². The molecule has 0 unspecified atom stereocenters. The van der Waals surface area contributed by atoms with E-state index in [0.29, 0.717) is 0 Å². The molecule has 1 aliphatic rings. The number of aliphatic imine (C=N–C) groups is 1. The second kappa shape index (κ2) is 5.11. The first kappa shape index (κ1) is 10.4. The maximum absolute atomic E-state index is 7.40. The summed E-state index contributed by atoms with van der Waals surface area (Å²) >= 11 is 1.44. The lowest BCUT2D eigenvalue weighted by molar-refractivity contribution is 0.624. The average molecular weight is 200 g/mol. The SMILES string of the molecule is N=C(N=C(N)N)SCC1CCCC1. The molecule has 4 nitrogen and oxygen atoms in total. The van der Waals surface area contributed by atoms with Crippen molar-refractivity contribution in [3.05, 3.63) is 0 Å². The predicted molar refractivity (Wildman–Crippen MR) is 58.0 cm³/mol. The maximum Gasteiger partial charge on any atom is 0.193 e. The van der Waals surface area contributed by atoms with Crippen LogP contribution < -0.4 is 11.5 Å². The van der Waals surface area contributed by atoms with E-state index >= 15 is 0 Å². The van der Waals surface area contributed by atoms with Crippen molar-refractivity contribution in [1.82, 2.24) is 0 Å². The third-order valence-corrected chi connectivity index (χ3v) is 3.16. The molecule has 1 rings (SSSR count). The van der Waals surface area contributed by atoms with E-state index < -0.39 is 0 Å². The molecule has 0 heterocycles. The van der Waals surface area contributed by atoms with Crippen molar-refractivity contribution < 1.29 is 0 Å². The number of hydrogen-bond acceptors (Lipinski definition) is 2. The summed E-state index contributed by atoms with van der Waals surface area (Å²) in [7, 11) is 0. The number of nitrogens with two attached hydrogens (primary N) is 2. The van der Waals surface area contributed by atoms with Crippen LogP contribution in [0.4, 0.5) is 0 Å². The number of nitrogens with zero attached hydrogens (tertiary/aromatic N) is 1. The van der Waals surface area contributed by atoms with E-state index in [9.17, 15) is 0 Å². The molecule has 0 saturated heterocycles. The average Bonchev–Trinajstić information content (AvgIpc) is 2.51. The number of hydrogen-bond donors (Lipinski definition) is 3. The summed E-state index contributed by atoms with van der Waals surface area (Å²) in [6, 6.07) is 0. The van der Waals surface area contributed by atoms with Crippen LogP contribution in [0.15, 0.2) is 4.99 Å². The Morgan fingerprint density at radius 2 is 2.00 bits per heavy atom. The molecule has 0 aliphatic heterocycles. The molecule has 0 amide bonds. The van der Waals surface area contributed by atoms with E-state index in [2.05, 4.69) is 4.99 Å². The Morgan fingerprint density at radius 1 is 1.38 bits per heavy atom. The summed E-state index contributed by atoms with van der Waals surface area (Å²) in [5, 5.41) is 7.63. The zero-order chi connectivity index (χ0) is 9.68. The van der Waals surface area contributed by atoms with Gasteiger partial charge in [-0.25, -0.2) is 0 Å². The standard InChI is InChI=1S/C8H16N4S/c9-7(10)12-8(11)13-5-6-3-1-2-4-6/h6H,1-5H2,(H5,9,10,11,12). The Bertz CT molecular complexity index is 204. The maximum atomic E-state index is 7.40. The second-order valence-corrected chi connectivity index (χ2v) is 4.31. The molecule has 1 fully saturated rings. The zero-order valence-corrected chi connectivity index (χ0v) is 8.44. The molecule has 0 radical (unpaired) electrons. The molecule has 5 N–H and O–H groups in total. The van der Waals surface area contributed by atoms with E-state index in [-0.39, 0.29) is 11.1 Å². The van der Waals surface area contributed by atoms with Crippen molar-refractivity contribution in [3.63, 3.8) is 0 Å². The summed E-state index contributed by atoms with van der Waals surface area (Å²) in [6.45, 7) is 0. The topological polar surface area (TPSA) is 88.2 Å². The molecule has 0 aromatic rings. The highest BCUT2D eigenvalue weighted by molar-refractivity contribution is 8.13. The molecule has 74 valence electrons. The molecular weight excluding hydrogens is 184 g/mol. The van der Waals surface area contributed by atoms with Crippen LogP contribution in [-0.2, 0) is 0 Å². The van der Waals surface area contributed by atoms with Crippen molar-refractivity contribution in [1.29, 1.82) is 5.41 Å². The molecule has 0 bridgehead atoms. The normalized spacial score (nSPS) is 17.2. The van der Waals surface area contributed by atoms with Crippen molar-refractivity contribution in [2.24, 2.45) is 22.4 Å². The lowest BCUT2D eigenvalue weighted by Gasteiger charge is -2.06. The predicted octanol–water partition coefficient (Wildman–Crippen LogP) is 1.12. The molecule has 5 heteroatoms. The van der Waals surface area contributed by atoms with Crippen LogP contribution >= 0.6 is 11.8 Å². The fourth-order valence-electron chi connectivity index (χ4n) is 1.52. The van der Waals surface area contributed by atoms with Gasteiger partial charge in [0.1, 0.15) is 0 Å². The first-order valence-electron chi connectivity index (χ1n) is 4.49. The van der Waals surface area contributed by atoms with Gasteiger partial charge in [-0.3, -0.25) is 5.41 Å². The Morgan fingerprint density at radius 3 is 2.54 bits per heavy atom. The van der Waals surface area contributed by atoms with Gasteiger partial charge >= 0.3 is 0 Å². The number of nitrogens with one attached hydrogen (secondary N) is 1. The van der Waals surface area contributed by atoms with Gasteiger partial charge in [0.15, 0.2) is 11.1 Å². The molecule has 0 atom stereocenters. The zero-order valence-electron chi connectivity index (χ0n) is 7.62. The molecule has 1 saturated carbocycles. The second-order valence-electron chi connectivity index (χ2n) is 3.30. The minimum atomic E-state index is -0.0241. The van der Waals surface area contributed by atoms with Crippen LogP contribution in [0.5, 0.6) is 0 Å². The minimum absolute atomic E-state index is 0.0241. The highest BCUT2D eigenvalue weighted by Crippen LogP contribution is 2.28. The van der Waals surface area contributed by atoms with E-state index in [1.54, 1.807) is 0 Å². The van der Waals surface area contributed by atoms with E-state index in [1.807, 2.05) is 0 Å². The Labute approximate surface area is 82.7 Å². The highest BCUT2D eigenvalue weighted by atomic mass is 32.2. The van der Waals surface area contributed by atoms with Gasteiger partial charge in [-0.05, 0) is 18.8 Å². The number of amidine groups is 1. The van der Waals surface area contributed by atoms with Crippen LogP contribution in [0, 0.1) is 11.3 Å². The van der Waals surface area contributed by atoms with Crippen LogP contribution in [0.25, 0.3) is 0 Å². The molecule has 0 aromatic heterocycles. The highest BCUT2D eigenvalue weighted by Gasteiger charge is 2.15. The number of thioether (sulfide) groups is 1. The van der Waals surface area contributed by atoms with E-state index in [1.165, 1.54) is 37.4 Å². The number of guanidine groups is 1. The fraction of sp³-hybridized carbons (Fsp3) is 0.750. The van der Waals surface area contributed by atoms with Crippen molar-refractivity contribution in [2.45, 2.75) is 25.7 Å². The molecule has 13 heavy (non-hydrogen) atoms. The first-order valence-corrected chi connectivity index (χ1v) is 5.48. The largest absolute Gasteiger partial charge is 0.370 e. The summed E-state index contributed by atoms with van der Waals surface area (Å²) in [6.07, 6.45) is 5.26. The van der Waals surface area contributed by atoms with Crippen LogP contribution in [0.3, 0.4) is 0 Å². The molecule has 0 aromatic carbocycles. The molecular formula is C8H16N4S. The van der Waals surface area contributed by atoms with Gasteiger partial charge in [0.25, 0.3) is 0 Å². The third-order valence-electron chi connectivity index (χ3n) is 2.16. The van der Waals surface area contributed by atoms with Crippen LogP contribution in [0.1, 0.15) is 25.7 Å². The fourth-order valence-corrected chi connectivity index (χ4v) is 2.42. The van der Waals surface area contributed by atoms with Gasteiger partial charge in [0.2, 0.25) is 0 Å². The quantitative estimate of drug-likeness (QED) is 0.461. The van der Waals surface area contributed by atoms with Crippen LogP contribution in [-0.4, -0.2) is 16.9 Å². The lowest BCUT2D eigenvalue weighted by Crippen LogP contribution is -2.23. The summed E-state index contributed by atoms with van der Waals surface area (Å²) in [5.41, 5.74) is 10.3. The van der Waals surface area contributed by atoms with Gasteiger partial charge in [-0.2, -0.15) is 4.99 Å². The molecule has 0 spiro atoms. The number of rotatable bonds is 2. The summed E-state index contributed by atoms with van der Waals surface area (Å²) in [4.78, 5) is 3.66. The summed E-state index contributed by atoms with van der Waals surface area (Å²) < 4.78 is 0. The minimum Gasteiger partial charge on any atom is -0.370 e. The van der Waals surface area contributed by atoms with E-state index in [4.69, 9.17) is 16.9 Å². The van der Waals surface area contributed by atoms with Crippen molar-refractivity contribution >= 4 is 22.9 Å². The van der Waals surface area contributed by atoms with Gasteiger partial charge in [0.05, 0.1) is 0 Å². The Balaban J connectivity index is 2.18. The smallest absolute Gasteiger partial charge is 0.193 e. The Hall–Kier alpha value is -0.710. The van der Waals surface area contributed by atoms with Gasteiger partial charge in [-0.15, -0.1) is 0 Å². The van der Waals surface area contributed by atoms with Crippen molar-refractivity contribution in [2.75, 3.05) is 5.75 Å². The lowest BCUT2D eigenvalue weighted by atomic mass is 10.1. The summed E-state index contributed by atoms with van der Waals surface area (Å²) in [5.74, 6) is 1.72.